The first-order valence-electron chi connectivity index (χ1n) is 11.7. The summed E-state index contributed by atoms with van der Waals surface area (Å²) in [5, 5.41) is 14.1. The maximum Gasteiger partial charge on any atom is 0.573 e. The van der Waals surface area contributed by atoms with Gasteiger partial charge in [-0.1, -0.05) is 24.8 Å². The number of ether oxygens (including phenoxy) is 4. The highest BCUT2D eigenvalue weighted by atomic mass is 19.4. The van der Waals surface area contributed by atoms with Crippen molar-refractivity contribution < 1.29 is 32.1 Å². The van der Waals surface area contributed by atoms with Crippen molar-refractivity contribution in [2.75, 3.05) is 44.2 Å². The highest BCUT2D eigenvalue weighted by molar-refractivity contribution is 5.95. The van der Waals surface area contributed by atoms with Gasteiger partial charge in [0.05, 0.1) is 31.5 Å². The predicted octanol–water partition coefficient (Wildman–Crippen LogP) is 6.17. The lowest BCUT2D eigenvalue weighted by molar-refractivity contribution is -0.274. The molecule has 4 aromatic rings. The van der Waals surface area contributed by atoms with E-state index >= 15 is 0 Å². The third kappa shape index (κ3) is 7.64. The minimum Gasteiger partial charge on any atom is -0.491 e. The first-order valence-corrected chi connectivity index (χ1v) is 11.7. The number of aromatic nitrogens is 2. The molecule has 1 heterocycles. The topological polar surface area (TPSA) is 89.7 Å². The van der Waals surface area contributed by atoms with Gasteiger partial charge in [-0.05, 0) is 41.5 Å². The second-order valence-electron chi connectivity index (χ2n) is 8.14. The molecule has 0 spiro atoms. The maximum atomic E-state index is 12.5. The molecule has 3 N–H and O–H groups in total. The van der Waals surface area contributed by atoms with Crippen molar-refractivity contribution in [2.45, 2.75) is 6.36 Å². The fourth-order valence-electron chi connectivity index (χ4n) is 3.69. The van der Waals surface area contributed by atoms with Crippen molar-refractivity contribution in [3.05, 3.63) is 79.3 Å². The Bertz CT molecular complexity index is 1360. The summed E-state index contributed by atoms with van der Waals surface area (Å²) in [6, 6.07) is 17.0. The summed E-state index contributed by atoms with van der Waals surface area (Å²) in [5.41, 5.74) is 3.85. The zero-order valence-electron chi connectivity index (χ0n) is 20.6. The number of methoxy groups -OCH3 is 1. The van der Waals surface area contributed by atoms with Crippen LogP contribution in [0.5, 0.6) is 11.5 Å². The van der Waals surface area contributed by atoms with Crippen LogP contribution in [0.1, 0.15) is 0 Å². The van der Waals surface area contributed by atoms with Gasteiger partial charge in [-0.15, -0.1) is 13.2 Å². The first kappa shape index (κ1) is 26.8. The highest BCUT2D eigenvalue weighted by Crippen LogP contribution is 2.33. The van der Waals surface area contributed by atoms with Crippen LogP contribution in [0.3, 0.4) is 0 Å². The van der Waals surface area contributed by atoms with E-state index in [-0.39, 0.29) is 5.75 Å². The number of rotatable bonds is 13. The number of hydrogen-bond donors (Lipinski definition) is 3. The summed E-state index contributed by atoms with van der Waals surface area (Å²) < 4.78 is 57.7. The Labute approximate surface area is 217 Å². The summed E-state index contributed by atoms with van der Waals surface area (Å²) >= 11 is 0. The minimum absolute atomic E-state index is 0.324. The van der Waals surface area contributed by atoms with Crippen LogP contribution < -0.4 is 20.1 Å². The Morgan fingerprint density at radius 1 is 0.921 bits per heavy atom. The van der Waals surface area contributed by atoms with Gasteiger partial charge in [0.15, 0.2) is 0 Å². The molecule has 0 radical (unpaired) electrons. The van der Waals surface area contributed by atoms with Crippen LogP contribution in [0.2, 0.25) is 0 Å². The molecule has 8 nitrogen and oxygen atoms in total. The number of aromatic amines is 1. The van der Waals surface area contributed by atoms with E-state index in [2.05, 4.69) is 32.1 Å². The second kappa shape index (κ2) is 12.3. The van der Waals surface area contributed by atoms with Crippen LogP contribution in [0.25, 0.3) is 22.0 Å². The monoisotopic (exact) mass is 528 g/mol. The molecule has 0 aliphatic heterocycles. The minimum atomic E-state index is -4.76. The van der Waals surface area contributed by atoms with Crippen LogP contribution in [-0.4, -0.2) is 50.1 Å². The molecule has 0 unspecified atom stereocenters. The normalized spacial score (nSPS) is 11.4. The van der Waals surface area contributed by atoms with Gasteiger partial charge in [-0.2, -0.15) is 5.10 Å². The molecule has 0 aliphatic rings. The summed E-state index contributed by atoms with van der Waals surface area (Å²) in [6.45, 7) is 5.77. The summed E-state index contributed by atoms with van der Waals surface area (Å²) in [6.07, 6.45) is -3.00. The molecule has 11 heteroatoms. The molecule has 200 valence electrons. The molecule has 0 aliphatic carbocycles. The number of anilines is 2. The summed E-state index contributed by atoms with van der Waals surface area (Å²) in [7, 11) is 1.62. The van der Waals surface area contributed by atoms with E-state index in [9.17, 15) is 13.2 Å². The van der Waals surface area contributed by atoms with Gasteiger partial charge in [-0.3, -0.25) is 5.10 Å². The van der Waals surface area contributed by atoms with Gasteiger partial charge in [0.2, 0.25) is 0 Å². The third-order valence-corrected chi connectivity index (χ3v) is 5.31. The van der Waals surface area contributed by atoms with Crippen LogP contribution in [0.15, 0.2) is 79.3 Å². The van der Waals surface area contributed by atoms with Gasteiger partial charge < -0.3 is 29.6 Å². The quantitative estimate of drug-likeness (QED) is 0.179. The number of benzene rings is 3. The average molecular weight is 529 g/mol. The first-order chi connectivity index (χ1) is 18.3. The average Bonchev–Trinajstić information content (AvgIpc) is 3.34. The number of hydrogen-bond acceptors (Lipinski definition) is 7. The predicted molar refractivity (Wildman–Crippen MR) is 139 cm³/mol. The van der Waals surface area contributed by atoms with Gasteiger partial charge in [0, 0.05) is 36.0 Å². The number of H-pyrrole nitrogens is 1. The van der Waals surface area contributed by atoms with Crippen molar-refractivity contribution in [1.82, 2.24) is 10.2 Å². The Hall–Kier alpha value is -4.22. The van der Waals surface area contributed by atoms with E-state index in [1.54, 1.807) is 19.4 Å². The van der Waals surface area contributed by atoms with Gasteiger partial charge in [0.1, 0.15) is 23.9 Å². The maximum absolute atomic E-state index is 12.5. The molecule has 0 saturated carbocycles. The van der Waals surface area contributed by atoms with E-state index in [1.807, 2.05) is 36.4 Å². The zero-order valence-corrected chi connectivity index (χ0v) is 20.6. The molecule has 38 heavy (non-hydrogen) atoms. The second-order valence-corrected chi connectivity index (χ2v) is 8.14. The fourth-order valence-corrected chi connectivity index (χ4v) is 3.69. The standard InChI is InChI=1S/C27H27F3N4O4/c1-18(33-21-4-3-5-22(14-21)38-27(28,29)30)32-20-8-6-19(7-9-20)24-15-23(16-26-25(24)17-31-34-26)37-13-12-36-11-10-35-2/h3-9,14-17,32-33H,1,10-13H2,2H3,(H,31,34). The van der Waals surface area contributed by atoms with E-state index in [1.165, 1.54) is 18.2 Å². The van der Waals surface area contributed by atoms with E-state index in [0.29, 0.717) is 43.7 Å². The number of alkyl halides is 3. The summed E-state index contributed by atoms with van der Waals surface area (Å²) in [5.74, 6) is 0.737. The number of nitrogens with one attached hydrogen (secondary N) is 3. The van der Waals surface area contributed by atoms with Crippen LogP contribution >= 0.6 is 0 Å². The molecule has 0 fully saturated rings. The molecule has 0 saturated heterocycles. The van der Waals surface area contributed by atoms with Gasteiger partial charge >= 0.3 is 6.36 Å². The molecule has 0 bridgehead atoms. The fraction of sp³-hybridized carbons (Fsp3) is 0.222. The van der Waals surface area contributed by atoms with Crippen molar-refractivity contribution in [1.29, 1.82) is 0 Å². The molecule has 1 aromatic heterocycles. The molecule has 0 atom stereocenters. The number of halogens is 3. The van der Waals surface area contributed by atoms with Crippen LogP contribution in [0.4, 0.5) is 24.5 Å². The molecule has 3 aromatic carbocycles. The Kier molecular flexibility index (Phi) is 8.72. The summed E-state index contributed by atoms with van der Waals surface area (Å²) in [4.78, 5) is 0. The Balaban J connectivity index is 1.40. The number of nitrogens with zero attached hydrogens (tertiary/aromatic N) is 1. The Morgan fingerprint density at radius 3 is 2.45 bits per heavy atom. The molecular formula is C27H27F3N4O4. The lowest BCUT2D eigenvalue weighted by atomic mass is 10.0. The molecule has 4 rings (SSSR count). The molecular weight excluding hydrogens is 501 g/mol. The highest BCUT2D eigenvalue weighted by Gasteiger charge is 2.31. The largest absolute Gasteiger partial charge is 0.573 e. The van der Waals surface area contributed by atoms with E-state index in [0.717, 1.165) is 27.7 Å². The van der Waals surface area contributed by atoms with E-state index in [4.69, 9.17) is 14.2 Å². The van der Waals surface area contributed by atoms with Gasteiger partial charge in [0.25, 0.3) is 0 Å². The van der Waals surface area contributed by atoms with Crippen molar-refractivity contribution in [2.24, 2.45) is 0 Å². The molecule has 0 amide bonds. The van der Waals surface area contributed by atoms with Gasteiger partial charge in [-0.25, -0.2) is 0 Å². The Morgan fingerprint density at radius 2 is 1.68 bits per heavy atom. The third-order valence-electron chi connectivity index (χ3n) is 5.31. The van der Waals surface area contributed by atoms with Crippen LogP contribution in [0, 0.1) is 0 Å². The van der Waals surface area contributed by atoms with Crippen LogP contribution in [-0.2, 0) is 9.47 Å². The SMILES string of the molecule is C=C(Nc1ccc(-c2cc(OCCOCCOC)cc3[nH]ncc23)cc1)Nc1cccc(OC(F)(F)F)c1. The number of fused-ring (bicyclic) bond motifs is 1. The lowest BCUT2D eigenvalue weighted by Gasteiger charge is -2.15. The smallest absolute Gasteiger partial charge is 0.491 e. The van der Waals surface area contributed by atoms with Crippen molar-refractivity contribution >= 4 is 22.3 Å². The van der Waals surface area contributed by atoms with Crippen molar-refractivity contribution in [3.8, 4) is 22.6 Å². The van der Waals surface area contributed by atoms with Crippen molar-refractivity contribution in [3.63, 3.8) is 0 Å². The van der Waals surface area contributed by atoms with E-state index < -0.39 is 6.36 Å². The lowest BCUT2D eigenvalue weighted by Crippen LogP contribution is -2.17. The zero-order chi connectivity index (χ0) is 27.0.